The van der Waals surface area contributed by atoms with Crippen LogP contribution in [0.15, 0.2) is 12.1 Å². The summed E-state index contributed by atoms with van der Waals surface area (Å²) in [6, 6.07) is 5.15. The first-order valence-electron chi connectivity index (χ1n) is 7.66. The van der Waals surface area contributed by atoms with Gasteiger partial charge in [0.25, 0.3) is 0 Å². The Hall–Kier alpha value is -0.730. The second-order valence-electron chi connectivity index (χ2n) is 6.14. The second-order valence-corrected chi connectivity index (χ2v) is 6.55. The minimum atomic E-state index is 0.332. The highest BCUT2D eigenvalue weighted by Gasteiger charge is 2.21. The Morgan fingerprint density at radius 3 is 2.35 bits per heavy atom. The molecule has 1 unspecified atom stereocenters. The standard InChI is InChI=1S/C17H26ClNO/c1-11(2)14-10-17(20-4)16(18)9-15(14)12(3)19-13-7-5-6-8-13/h9-13,19H,5-8H2,1-4H3. The maximum Gasteiger partial charge on any atom is 0.137 e. The van der Waals surface area contributed by atoms with Gasteiger partial charge in [0.1, 0.15) is 5.75 Å². The summed E-state index contributed by atoms with van der Waals surface area (Å²) < 4.78 is 5.35. The number of hydrogen-bond acceptors (Lipinski definition) is 2. The second kappa shape index (κ2) is 6.82. The van der Waals surface area contributed by atoms with Crippen molar-refractivity contribution in [1.82, 2.24) is 5.32 Å². The topological polar surface area (TPSA) is 21.3 Å². The minimum Gasteiger partial charge on any atom is -0.495 e. The molecule has 0 saturated heterocycles. The fourth-order valence-electron chi connectivity index (χ4n) is 3.15. The third kappa shape index (κ3) is 3.48. The smallest absolute Gasteiger partial charge is 0.137 e. The molecular formula is C17H26ClNO. The molecule has 0 aliphatic heterocycles. The summed E-state index contributed by atoms with van der Waals surface area (Å²) in [5.41, 5.74) is 2.63. The highest BCUT2D eigenvalue weighted by Crippen LogP contribution is 2.35. The van der Waals surface area contributed by atoms with Crippen LogP contribution in [0.2, 0.25) is 5.02 Å². The van der Waals surface area contributed by atoms with E-state index in [1.165, 1.54) is 36.8 Å². The van der Waals surface area contributed by atoms with Gasteiger partial charge in [0.2, 0.25) is 0 Å². The molecular weight excluding hydrogens is 270 g/mol. The van der Waals surface area contributed by atoms with Crippen molar-refractivity contribution in [2.45, 2.75) is 64.5 Å². The number of hydrogen-bond donors (Lipinski definition) is 1. The van der Waals surface area contributed by atoms with Gasteiger partial charge in [-0.25, -0.2) is 0 Å². The minimum absolute atomic E-state index is 0.332. The number of halogens is 1. The lowest BCUT2D eigenvalue weighted by atomic mass is 9.92. The molecule has 0 radical (unpaired) electrons. The van der Waals surface area contributed by atoms with Crippen molar-refractivity contribution in [3.63, 3.8) is 0 Å². The average molecular weight is 296 g/mol. The Morgan fingerprint density at radius 1 is 1.15 bits per heavy atom. The number of ether oxygens (including phenoxy) is 1. The Balaban J connectivity index is 2.26. The van der Waals surface area contributed by atoms with Crippen LogP contribution in [0.5, 0.6) is 5.75 Å². The van der Waals surface area contributed by atoms with E-state index in [-0.39, 0.29) is 0 Å². The van der Waals surface area contributed by atoms with E-state index in [2.05, 4.69) is 38.2 Å². The monoisotopic (exact) mass is 295 g/mol. The lowest BCUT2D eigenvalue weighted by molar-refractivity contribution is 0.412. The third-order valence-corrected chi connectivity index (χ3v) is 4.58. The Bertz CT molecular complexity index is 453. The summed E-state index contributed by atoms with van der Waals surface area (Å²) >= 11 is 6.31. The first kappa shape index (κ1) is 15.7. The summed E-state index contributed by atoms with van der Waals surface area (Å²) in [6.45, 7) is 6.67. The van der Waals surface area contributed by atoms with Gasteiger partial charge in [-0.3, -0.25) is 0 Å². The molecule has 1 fully saturated rings. The Labute approximate surface area is 127 Å². The van der Waals surface area contributed by atoms with Gasteiger partial charge < -0.3 is 10.1 Å². The third-order valence-electron chi connectivity index (χ3n) is 4.29. The Morgan fingerprint density at radius 2 is 1.80 bits per heavy atom. The van der Waals surface area contributed by atoms with E-state index in [4.69, 9.17) is 16.3 Å². The van der Waals surface area contributed by atoms with Crippen molar-refractivity contribution < 1.29 is 4.74 Å². The van der Waals surface area contributed by atoms with Crippen LogP contribution in [0.4, 0.5) is 0 Å². The largest absolute Gasteiger partial charge is 0.495 e. The molecule has 1 saturated carbocycles. The van der Waals surface area contributed by atoms with Crippen LogP contribution < -0.4 is 10.1 Å². The van der Waals surface area contributed by atoms with Crippen molar-refractivity contribution in [2.75, 3.05) is 7.11 Å². The first-order valence-corrected chi connectivity index (χ1v) is 8.04. The quantitative estimate of drug-likeness (QED) is 0.819. The molecule has 1 aromatic carbocycles. The lowest BCUT2D eigenvalue weighted by Crippen LogP contribution is -2.29. The fourth-order valence-corrected chi connectivity index (χ4v) is 3.40. The van der Waals surface area contributed by atoms with Gasteiger partial charge in [-0.1, -0.05) is 38.3 Å². The van der Waals surface area contributed by atoms with E-state index < -0.39 is 0 Å². The van der Waals surface area contributed by atoms with E-state index in [0.29, 0.717) is 23.0 Å². The normalized spacial score (nSPS) is 17.7. The maximum absolute atomic E-state index is 6.31. The molecule has 0 bridgehead atoms. The molecule has 2 rings (SSSR count). The van der Waals surface area contributed by atoms with Crippen LogP contribution in [-0.2, 0) is 0 Å². The van der Waals surface area contributed by atoms with Crippen LogP contribution >= 0.6 is 11.6 Å². The van der Waals surface area contributed by atoms with Crippen LogP contribution in [0, 0.1) is 0 Å². The molecule has 0 spiro atoms. The molecule has 0 aromatic heterocycles. The number of benzene rings is 1. The van der Waals surface area contributed by atoms with Gasteiger partial charge in [-0.2, -0.15) is 0 Å². The van der Waals surface area contributed by atoms with E-state index in [1.54, 1.807) is 7.11 Å². The first-order chi connectivity index (χ1) is 9.52. The van der Waals surface area contributed by atoms with Crippen molar-refractivity contribution in [1.29, 1.82) is 0 Å². The summed E-state index contributed by atoms with van der Waals surface area (Å²) in [4.78, 5) is 0. The highest BCUT2D eigenvalue weighted by molar-refractivity contribution is 6.32. The molecule has 1 aromatic rings. The van der Waals surface area contributed by atoms with Gasteiger partial charge in [0.15, 0.2) is 0 Å². The van der Waals surface area contributed by atoms with Gasteiger partial charge in [0.05, 0.1) is 12.1 Å². The number of rotatable bonds is 5. The Kier molecular flexibility index (Phi) is 5.34. The predicted octanol–water partition coefficient (Wildman–Crippen LogP) is 5.07. The van der Waals surface area contributed by atoms with Crippen molar-refractivity contribution >= 4 is 11.6 Å². The zero-order chi connectivity index (χ0) is 14.7. The van der Waals surface area contributed by atoms with E-state index in [0.717, 1.165) is 5.75 Å². The van der Waals surface area contributed by atoms with Crippen LogP contribution in [-0.4, -0.2) is 13.2 Å². The van der Waals surface area contributed by atoms with E-state index in [9.17, 15) is 0 Å². The summed E-state index contributed by atoms with van der Waals surface area (Å²) in [5, 5.41) is 4.46. The summed E-state index contributed by atoms with van der Waals surface area (Å²) in [6.07, 6.45) is 5.30. The van der Waals surface area contributed by atoms with Gasteiger partial charge >= 0.3 is 0 Å². The summed E-state index contributed by atoms with van der Waals surface area (Å²) in [7, 11) is 1.67. The van der Waals surface area contributed by atoms with E-state index >= 15 is 0 Å². The SMILES string of the molecule is COc1cc(C(C)C)c(C(C)NC2CCCC2)cc1Cl. The van der Waals surface area contributed by atoms with Crippen LogP contribution in [0.25, 0.3) is 0 Å². The maximum atomic E-state index is 6.31. The van der Waals surface area contributed by atoms with E-state index in [1.807, 2.05) is 0 Å². The molecule has 0 amide bonds. The van der Waals surface area contributed by atoms with Crippen LogP contribution in [0.1, 0.15) is 69.5 Å². The average Bonchev–Trinajstić information content (AvgIpc) is 2.90. The molecule has 2 nitrogen and oxygen atoms in total. The van der Waals surface area contributed by atoms with Crippen LogP contribution in [0.3, 0.4) is 0 Å². The summed E-state index contributed by atoms with van der Waals surface area (Å²) in [5.74, 6) is 1.23. The van der Waals surface area contributed by atoms with Gasteiger partial charge in [-0.15, -0.1) is 0 Å². The zero-order valence-electron chi connectivity index (χ0n) is 13.0. The molecule has 1 N–H and O–H groups in total. The molecule has 1 aliphatic carbocycles. The van der Waals surface area contributed by atoms with Gasteiger partial charge in [-0.05, 0) is 48.9 Å². The number of nitrogens with one attached hydrogen (secondary N) is 1. The lowest BCUT2D eigenvalue weighted by Gasteiger charge is -2.24. The fraction of sp³-hybridized carbons (Fsp3) is 0.647. The number of methoxy groups -OCH3 is 1. The molecule has 3 heteroatoms. The zero-order valence-corrected chi connectivity index (χ0v) is 13.8. The molecule has 1 atom stereocenters. The van der Waals surface area contributed by atoms with Crippen molar-refractivity contribution in [3.8, 4) is 5.75 Å². The molecule has 20 heavy (non-hydrogen) atoms. The van der Waals surface area contributed by atoms with Crippen molar-refractivity contribution in [3.05, 3.63) is 28.3 Å². The molecule has 0 heterocycles. The van der Waals surface area contributed by atoms with Crippen molar-refractivity contribution in [2.24, 2.45) is 0 Å². The molecule has 112 valence electrons. The predicted molar refractivity (Wildman–Crippen MR) is 85.9 cm³/mol. The molecule has 1 aliphatic rings. The highest BCUT2D eigenvalue weighted by atomic mass is 35.5. The van der Waals surface area contributed by atoms with Gasteiger partial charge in [0, 0.05) is 12.1 Å².